The van der Waals surface area contributed by atoms with Crippen molar-refractivity contribution < 1.29 is 8.42 Å². The zero-order valence-corrected chi connectivity index (χ0v) is 17.0. The predicted octanol–water partition coefficient (Wildman–Crippen LogP) is 2.94. The van der Waals surface area contributed by atoms with Crippen LogP contribution in [0.3, 0.4) is 0 Å². The first-order valence-corrected chi connectivity index (χ1v) is 11.3. The SMILES string of the molecule is O=S1(=O)CCCN1c1cccc(CNc2ccc3nnc(-c4ccccc4)n3n2)c1. The summed E-state index contributed by atoms with van der Waals surface area (Å²) in [6, 6.07) is 21.1. The molecule has 0 atom stereocenters. The number of fused-ring (bicyclic) bond motifs is 1. The summed E-state index contributed by atoms with van der Waals surface area (Å²) in [4.78, 5) is 0. The van der Waals surface area contributed by atoms with Gasteiger partial charge < -0.3 is 5.32 Å². The van der Waals surface area contributed by atoms with E-state index >= 15 is 0 Å². The fourth-order valence-electron chi connectivity index (χ4n) is 3.59. The molecule has 1 saturated heterocycles. The van der Waals surface area contributed by atoms with E-state index in [0.717, 1.165) is 11.1 Å². The molecule has 0 radical (unpaired) electrons. The van der Waals surface area contributed by atoms with Crippen LogP contribution in [0, 0.1) is 0 Å². The Morgan fingerprint density at radius 1 is 0.967 bits per heavy atom. The molecule has 5 rings (SSSR count). The maximum Gasteiger partial charge on any atom is 0.235 e. The van der Waals surface area contributed by atoms with E-state index in [0.29, 0.717) is 42.5 Å². The minimum atomic E-state index is -3.19. The molecule has 2 aromatic heterocycles. The Morgan fingerprint density at radius 2 is 1.83 bits per heavy atom. The molecule has 1 fully saturated rings. The van der Waals surface area contributed by atoms with Gasteiger partial charge in [0.15, 0.2) is 11.5 Å². The zero-order valence-electron chi connectivity index (χ0n) is 16.1. The summed E-state index contributed by atoms with van der Waals surface area (Å²) >= 11 is 0. The Bertz CT molecular complexity index is 1300. The van der Waals surface area contributed by atoms with E-state index in [1.165, 1.54) is 4.31 Å². The van der Waals surface area contributed by atoms with Crippen molar-refractivity contribution in [1.29, 1.82) is 0 Å². The lowest BCUT2D eigenvalue weighted by molar-refractivity contribution is 0.599. The number of nitrogens with zero attached hydrogens (tertiary/aromatic N) is 5. The molecule has 0 saturated carbocycles. The van der Waals surface area contributed by atoms with Crippen molar-refractivity contribution in [2.24, 2.45) is 0 Å². The third kappa shape index (κ3) is 3.48. The van der Waals surface area contributed by atoms with Gasteiger partial charge in [0.25, 0.3) is 0 Å². The fourth-order valence-corrected chi connectivity index (χ4v) is 5.15. The van der Waals surface area contributed by atoms with Crippen molar-refractivity contribution in [2.75, 3.05) is 21.9 Å². The highest BCUT2D eigenvalue weighted by Crippen LogP contribution is 2.25. The van der Waals surface area contributed by atoms with Gasteiger partial charge in [-0.2, -0.15) is 4.52 Å². The van der Waals surface area contributed by atoms with Crippen LogP contribution >= 0.6 is 0 Å². The molecule has 1 aliphatic rings. The Balaban J connectivity index is 1.37. The number of anilines is 2. The molecular formula is C21H20N6O2S. The van der Waals surface area contributed by atoms with Gasteiger partial charge in [-0.25, -0.2) is 8.42 Å². The van der Waals surface area contributed by atoms with Crippen LogP contribution in [0.5, 0.6) is 0 Å². The maximum atomic E-state index is 12.2. The third-order valence-electron chi connectivity index (χ3n) is 5.07. The summed E-state index contributed by atoms with van der Waals surface area (Å²) in [5.74, 6) is 1.57. The molecule has 2 aromatic carbocycles. The molecule has 8 nitrogen and oxygen atoms in total. The van der Waals surface area contributed by atoms with Gasteiger partial charge in [0, 0.05) is 18.7 Å². The Hall–Kier alpha value is -3.46. The Labute approximate surface area is 174 Å². The van der Waals surface area contributed by atoms with Crippen LogP contribution in [0.4, 0.5) is 11.5 Å². The van der Waals surface area contributed by atoms with E-state index in [9.17, 15) is 8.42 Å². The van der Waals surface area contributed by atoms with Gasteiger partial charge in [-0.05, 0) is 36.2 Å². The number of benzene rings is 2. The van der Waals surface area contributed by atoms with Crippen molar-refractivity contribution in [3.63, 3.8) is 0 Å². The van der Waals surface area contributed by atoms with Gasteiger partial charge in [0.05, 0.1) is 11.4 Å². The van der Waals surface area contributed by atoms with Crippen molar-refractivity contribution in [2.45, 2.75) is 13.0 Å². The summed E-state index contributed by atoms with van der Waals surface area (Å²) in [5.41, 5.74) is 3.29. The maximum absolute atomic E-state index is 12.2. The standard InChI is InChI=1S/C21H20N6O2S/c28-30(29)13-5-12-26(30)18-9-4-6-16(14-18)15-22-19-10-11-20-23-24-21(27(20)25-19)17-7-2-1-3-8-17/h1-4,6-11,14H,5,12-13,15H2,(H,22,25). The second kappa shape index (κ2) is 7.42. The molecule has 0 aliphatic carbocycles. The molecule has 1 aliphatic heterocycles. The first-order chi connectivity index (χ1) is 14.6. The van der Waals surface area contributed by atoms with Crippen LogP contribution in [-0.2, 0) is 16.6 Å². The second-order valence-corrected chi connectivity index (χ2v) is 9.16. The highest BCUT2D eigenvalue weighted by molar-refractivity contribution is 7.93. The number of hydrogen-bond donors (Lipinski definition) is 1. The van der Waals surface area contributed by atoms with Gasteiger partial charge in [-0.1, -0.05) is 42.5 Å². The average Bonchev–Trinajstić information content (AvgIpc) is 3.35. The highest BCUT2D eigenvalue weighted by atomic mass is 32.2. The smallest absolute Gasteiger partial charge is 0.235 e. The molecule has 152 valence electrons. The third-order valence-corrected chi connectivity index (χ3v) is 6.94. The number of hydrogen-bond acceptors (Lipinski definition) is 6. The first-order valence-electron chi connectivity index (χ1n) is 9.71. The monoisotopic (exact) mass is 420 g/mol. The van der Waals surface area contributed by atoms with Crippen LogP contribution in [0.2, 0.25) is 0 Å². The molecule has 1 N–H and O–H groups in total. The predicted molar refractivity (Wildman–Crippen MR) is 116 cm³/mol. The van der Waals surface area contributed by atoms with Crippen LogP contribution in [0.1, 0.15) is 12.0 Å². The Kier molecular flexibility index (Phi) is 4.59. The molecule has 3 heterocycles. The Morgan fingerprint density at radius 3 is 2.63 bits per heavy atom. The van der Waals surface area contributed by atoms with Gasteiger partial charge in [-0.3, -0.25) is 4.31 Å². The van der Waals surface area contributed by atoms with Gasteiger partial charge in [0.2, 0.25) is 10.0 Å². The van der Waals surface area contributed by atoms with Gasteiger partial charge in [0.1, 0.15) is 5.82 Å². The average molecular weight is 420 g/mol. The number of sulfonamides is 1. The largest absolute Gasteiger partial charge is 0.365 e. The quantitative estimate of drug-likeness (QED) is 0.534. The zero-order chi connectivity index (χ0) is 20.6. The van der Waals surface area contributed by atoms with Crippen molar-refractivity contribution >= 4 is 27.2 Å². The topological polar surface area (TPSA) is 92.5 Å². The van der Waals surface area contributed by atoms with E-state index in [2.05, 4.69) is 20.6 Å². The molecule has 0 unspecified atom stereocenters. The molecule has 4 aromatic rings. The van der Waals surface area contributed by atoms with Gasteiger partial charge >= 0.3 is 0 Å². The lowest BCUT2D eigenvalue weighted by Crippen LogP contribution is -2.25. The molecular weight excluding hydrogens is 400 g/mol. The van der Waals surface area contributed by atoms with Crippen molar-refractivity contribution in [3.05, 3.63) is 72.3 Å². The lowest BCUT2D eigenvalue weighted by atomic mass is 10.2. The minimum absolute atomic E-state index is 0.210. The number of aromatic nitrogens is 4. The van der Waals surface area contributed by atoms with Crippen LogP contribution in [0.25, 0.3) is 17.0 Å². The summed E-state index contributed by atoms with van der Waals surface area (Å²) in [7, 11) is -3.19. The summed E-state index contributed by atoms with van der Waals surface area (Å²) < 4.78 is 27.6. The number of nitrogens with one attached hydrogen (secondary N) is 1. The van der Waals surface area contributed by atoms with Crippen molar-refractivity contribution in [3.8, 4) is 11.4 Å². The summed E-state index contributed by atoms with van der Waals surface area (Å²) in [6.45, 7) is 1.05. The molecule has 30 heavy (non-hydrogen) atoms. The van der Waals surface area contributed by atoms with E-state index in [4.69, 9.17) is 0 Å². The summed E-state index contributed by atoms with van der Waals surface area (Å²) in [5, 5.41) is 16.4. The van der Waals surface area contributed by atoms with Crippen LogP contribution < -0.4 is 9.62 Å². The minimum Gasteiger partial charge on any atom is -0.365 e. The molecule has 0 amide bonds. The summed E-state index contributed by atoms with van der Waals surface area (Å²) in [6.07, 6.45) is 0.664. The van der Waals surface area contributed by atoms with Crippen molar-refractivity contribution in [1.82, 2.24) is 19.8 Å². The molecule has 0 spiro atoms. The number of rotatable bonds is 5. The highest BCUT2D eigenvalue weighted by Gasteiger charge is 2.28. The van der Waals surface area contributed by atoms with E-state index < -0.39 is 10.0 Å². The van der Waals surface area contributed by atoms with E-state index in [1.807, 2.05) is 66.7 Å². The normalized spacial score (nSPS) is 15.5. The lowest BCUT2D eigenvalue weighted by Gasteiger charge is -2.17. The first kappa shape index (κ1) is 18.6. The molecule has 9 heteroatoms. The fraction of sp³-hybridized carbons (Fsp3) is 0.190. The second-order valence-electron chi connectivity index (χ2n) is 7.14. The molecule has 0 bridgehead atoms. The van der Waals surface area contributed by atoms with Crippen LogP contribution in [-0.4, -0.2) is 40.5 Å². The van der Waals surface area contributed by atoms with Crippen LogP contribution in [0.15, 0.2) is 66.7 Å². The van der Waals surface area contributed by atoms with E-state index in [1.54, 1.807) is 4.52 Å². The van der Waals surface area contributed by atoms with Gasteiger partial charge in [-0.15, -0.1) is 15.3 Å². The van der Waals surface area contributed by atoms with E-state index in [-0.39, 0.29) is 5.75 Å².